The van der Waals surface area contributed by atoms with E-state index in [1.807, 2.05) is 18.2 Å². The first-order valence-corrected chi connectivity index (χ1v) is 7.69. The highest BCUT2D eigenvalue weighted by atomic mass is 16.2. The van der Waals surface area contributed by atoms with Crippen molar-refractivity contribution in [2.24, 2.45) is 7.05 Å². The molecule has 3 heterocycles. The minimum Gasteiger partial charge on any atom is -0.354 e. The van der Waals surface area contributed by atoms with E-state index in [0.29, 0.717) is 11.3 Å². The zero-order chi connectivity index (χ0) is 16.4. The molecule has 1 aliphatic rings. The number of rotatable bonds is 4. The van der Waals surface area contributed by atoms with E-state index < -0.39 is 0 Å². The monoisotopic (exact) mass is 312 g/mol. The van der Waals surface area contributed by atoms with Crippen LogP contribution in [0.3, 0.4) is 0 Å². The summed E-state index contributed by atoms with van der Waals surface area (Å²) in [7, 11) is 1.77. The summed E-state index contributed by atoms with van der Waals surface area (Å²) in [5, 5.41) is 3.05. The quantitative estimate of drug-likeness (QED) is 0.871. The molecule has 1 amide bonds. The summed E-state index contributed by atoms with van der Waals surface area (Å²) in [5.74, 6) is 0.747. The second-order valence-electron chi connectivity index (χ2n) is 5.87. The summed E-state index contributed by atoms with van der Waals surface area (Å²) < 4.78 is 1.69. The standard InChI is InChI=1S/C17H20N4O2/c1-12(22)13-9-15(20(2)10-13)17(23)19-14-6-8-21(11-14)16-5-3-4-7-18-16/h3-5,7,9-10,14H,6,8,11H2,1-2H3,(H,19,23)/t14-/m0/s1. The molecule has 6 nitrogen and oxygen atoms in total. The van der Waals surface area contributed by atoms with E-state index in [4.69, 9.17) is 0 Å². The molecule has 0 saturated carbocycles. The minimum atomic E-state index is -0.145. The smallest absolute Gasteiger partial charge is 0.268 e. The van der Waals surface area contributed by atoms with Gasteiger partial charge in [-0.1, -0.05) is 6.07 Å². The number of anilines is 1. The van der Waals surface area contributed by atoms with Crippen LogP contribution in [-0.4, -0.2) is 40.4 Å². The molecule has 0 radical (unpaired) electrons. The van der Waals surface area contributed by atoms with Crippen LogP contribution in [0.15, 0.2) is 36.7 Å². The molecular weight excluding hydrogens is 292 g/mol. The number of Topliss-reactive ketones (excluding diaryl/α,β-unsaturated/α-hetero) is 1. The van der Waals surface area contributed by atoms with E-state index in [0.717, 1.165) is 25.3 Å². The summed E-state index contributed by atoms with van der Waals surface area (Å²) in [6.45, 7) is 3.11. The number of amides is 1. The Morgan fingerprint density at radius 3 is 2.83 bits per heavy atom. The highest BCUT2D eigenvalue weighted by Crippen LogP contribution is 2.18. The number of pyridine rings is 1. The summed E-state index contributed by atoms with van der Waals surface area (Å²) in [6, 6.07) is 7.55. The highest BCUT2D eigenvalue weighted by Gasteiger charge is 2.26. The molecule has 120 valence electrons. The van der Waals surface area contributed by atoms with Gasteiger partial charge >= 0.3 is 0 Å². The van der Waals surface area contributed by atoms with E-state index in [9.17, 15) is 9.59 Å². The van der Waals surface area contributed by atoms with Gasteiger partial charge in [0, 0.05) is 44.1 Å². The average Bonchev–Trinajstić information content (AvgIpc) is 3.15. The topological polar surface area (TPSA) is 67.2 Å². The van der Waals surface area contributed by atoms with Crippen molar-refractivity contribution in [2.45, 2.75) is 19.4 Å². The number of aryl methyl sites for hydroxylation is 1. The van der Waals surface area contributed by atoms with E-state index >= 15 is 0 Å². The van der Waals surface area contributed by atoms with Crippen molar-refractivity contribution in [2.75, 3.05) is 18.0 Å². The fourth-order valence-electron chi connectivity index (χ4n) is 2.87. The molecule has 0 bridgehead atoms. The SMILES string of the molecule is CC(=O)c1cc(C(=O)N[C@H]2CCN(c3ccccn3)C2)n(C)c1. The van der Waals surface area contributed by atoms with Crippen LogP contribution < -0.4 is 10.2 Å². The molecule has 3 rings (SSSR count). The van der Waals surface area contributed by atoms with Crippen LogP contribution in [0.2, 0.25) is 0 Å². The Morgan fingerprint density at radius 2 is 2.17 bits per heavy atom. The molecule has 1 atom stereocenters. The largest absolute Gasteiger partial charge is 0.354 e. The van der Waals surface area contributed by atoms with Crippen LogP contribution in [0.1, 0.15) is 34.2 Å². The number of aromatic nitrogens is 2. The van der Waals surface area contributed by atoms with Crippen molar-refractivity contribution in [1.82, 2.24) is 14.9 Å². The number of ketones is 1. The normalized spacial score (nSPS) is 17.3. The van der Waals surface area contributed by atoms with Crippen molar-refractivity contribution in [3.63, 3.8) is 0 Å². The molecule has 1 fully saturated rings. The molecule has 2 aromatic heterocycles. The minimum absolute atomic E-state index is 0.0400. The lowest BCUT2D eigenvalue weighted by atomic mass is 10.2. The summed E-state index contributed by atoms with van der Waals surface area (Å²) in [6.07, 6.45) is 4.34. The number of hydrogen-bond acceptors (Lipinski definition) is 4. The van der Waals surface area contributed by atoms with Gasteiger partial charge in [-0.15, -0.1) is 0 Å². The lowest BCUT2D eigenvalue weighted by molar-refractivity contribution is 0.0932. The Kier molecular flexibility index (Phi) is 4.14. The summed E-state index contributed by atoms with van der Waals surface area (Å²) in [5.41, 5.74) is 1.06. The summed E-state index contributed by atoms with van der Waals surface area (Å²) >= 11 is 0. The third kappa shape index (κ3) is 3.26. The molecule has 0 unspecified atom stereocenters. The predicted molar refractivity (Wildman–Crippen MR) is 87.7 cm³/mol. The van der Waals surface area contributed by atoms with Crippen molar-refractivity contribution in [3.8, 4) is 0 Å². The fraction of sp³-hybridized carbons (Fsp3) is 0.353. The molecule has 1 aliphatic heterocycles. The summed E-state index contributed by atoms with van der Waals surface area (Å²) in [4.78, 5) is 30.3. The van der Waals surface area contributed by atoms with Gasteiger partial charge in [0.15, 0.2) is 5.78 Å². The Balaban J connectivity index is 1.64. The van der Waals surface area contributed by atoms with Gasteiger partial charge in [0.2, 0.25) is 0 Å². The molecule has 6 heteroatoms. The Bertz CT molecular complexity index is 723. The lowest BCUT2D eigenvalue weighted by Crippen LogP contribution is -2.37. The van der Waals surface area contributed by atoms with E-state index in [-0.39, 0.29) is 17.7 Å². The van der Waals surface area contributed by atoms with Crippen molar-refractivity contribution in [3.05, 3.63) is 47.9 Å². The molecule has 1 N–H and O–H groups in total. The van der Waals surface area contributed by atoms with Crippen molar-refractivity contribution < 1.29 is 9.59 Å². The van der Waals surface area contributed by atoms with E-state index in [1.165, 1.54) is 6.92 Å². The van der Waals surface area contributed by atoms with Gasteiger partial charge in [-0.2, -0.15) is 0 Å². The van der Waals surface area contributed by atoms with Crippen LogP contribution in [0.5, 0.6) is 0 Å². The third-order valence-electron chi connectivity index (χ3n) is 4.14. The maximum absolute atomic E-state index is 12.4. The van der Waals surface area contributed by atoms with Crippen LogP contribution in [0.25, 0.3) is 0 Å². The first-order chi connectivity index (χ1) is 11.0. The van der Waals surface area contributed by atoms with Gasteiger partial charge in [0.25, 0.3) is 5.91 Å². The van der Waals surface area contributed by atoms with Gasteiger partial charge in [-0.05, 0) is 31.5 Å². The first kappa shape index (κ1) is 15.3. The highest BCUT2D eigenvalue weighted by molar-refractivity contribution is 5.99. The van der Waals surface area contributed by atoms with E-state index in [1.54, 1.807) is 30.1 Å². The molecule has 23 heavy (non-hydrogen) atoms. The first-order valence-electron chi connectivity index (χ1n) is 7.69. The van der Waals surface area contributed by atoms with Crippen molar-refractivity contribution >= 4 is 17.5 Å². The number of carbonyl (C=O) groups excluding carboxylic acids is 2. The zero-order valence-corrected chi connectivity index (χ0v) is 13.3. The van der Waals surface area contributed by atoms with E-state index in [2.05, 4.69) is 15.2 Å². The van der Waals surface area contributed by atoms with Gasteiger partial charge in [-0.25, -0.2) is 4.98 Å². The van der Waals surface area contributed by atoms with Crippen LogP contribution in [0.4, 0.5) is 5.82 Å². The van der Waals surface area contributed by atoms with Gasteiger partial charge in [0.1, 0.15) is 11.5 Å². The number of nitrogens with zero attached hydrogens (tertiary/aromatic N) is 3. The van der Waals surface area contributed by atoms with Gasteiger partial charge in [0.05, 0.1) is 0 Å². The second-order valence-corrected chi connectivity index (χ2v) is 5.87. The van der Waals surface area contributed by atoms with Gasteiger partial charge < -0.3 is 14.8 Å². The maximum Gasteiger partial charge on any atom is 0.268 e. The van der Waals surface area contributed by atoms with Crippen molar-refractivity contribution in [1.29, 1.82) is 0 Å². The number of hydrogen-bond donors (Lipinski definition) is 1. The van der Waals surface area contributed by atoms with Crippen LogP contribution in [0, 0.1) is 0 Å². The molecular formula is C17H20N4O2. The second kappa shape index (κ2) is 6.24. The fourth-order valence-corrected chi connectivity index (χ4v) is 2.87. The maximum atomic E-state index is 12.4. The Hall–Kier alpha value is -2.63. The molecule has 0 aromatic carbocycles. The van der Waals surface area contributed by atoms with Gasteiger partial charge in [-0.3, -0.25) is 9.59 Å². The lowest BCUT2D eigenvalue weighted by Gasteiger charge is -2.17. The predicted octanol–water partition coefficient (Wildman–Crippen LogP) is 1.63. The molecule has 0 aliphatic carbocycles. The average molecular weight is 312 g/mol. The van der Waals surface area contributed by atoms with Crippen LogP contribution in [-0.2, 0) is 7.05 Å². The Morgan fingerprint density at radius 1 is 1.35 bits per heavy atom. The zero-order valence-electron chi connectivity index (χ0n) is 13.3. The van der Waals surface area contributed by atoms with Crippen LogP contribution >= 0.6 is 0 Å². The third-order valence-corrected chi connectivity index (χ3v) is 4.14. The molecule has 2 aromatic rings. The number of nitrogens with one attached hydrogen (secondary N) is 1. The Labute approximate surface area is 135 Å². The number of carbonyl (C=O) groups is 2. The molecule has 0 spiro atoms. The molecule has 1 saturated heterocycles.